The summed E-state index contributed by atoms with van der Waals surface area (Å²) in [7, 11) is -3.68. The number of carbonyl (C=O) groups excluding carboxylic acids is 1. The number of carbonyl (C=O) groups is 1. The van der Waals surface area contributed by atoms with E-state index in [2.05, 4.69) is 5.32 Å². The first-order valence-electron chi connectivity index (χ1n) is 10.5. The van der Waals surface area contributed by atoms with E-state index in [1.807, 2.05) is 60.7 Å². The molecule has 1 aromatic heterocycles. The Morgan fingerprint density at radius 1 is 0.875 bits per heavy atom. The number of amides is 1. The van der Waals surface area contributed by atoms with E-state index < -0.39 is 21.6 Å². The Kier molecular flexibility index (Phi) is 6.53. The molecule has 0 unspecified atom stereocenters. The third kappa shape index (κ3) is 4.81. The van der Waals surface area contributed by atoms with Crippen LogP contribution < -0.4 is 10.9 Å². The van der Waals surface area contributed by atoms with Crippen LogP contribution in [0.4, 0.5) is 0 Å². The van der Waals surface area contributed by atoms with Crippen molar-refractivity contribution in [2.24, 2.45) is 0 Å². The van der Waals surface area contributed by atoms with E-state index in [9.17, 15) is 18.0 Å². The van der Waals surface area contributed by atoms with Crippen molar-refractivity contribution >= 4 is 15.9 Å². The van der Waals surface area contributed by atoms with Crippen molar-refractivity contribution in [1.29, 1.82) is 0 Å². The van der Waals surface area contributed by atoms with Crippen molar-refractivity contribution in [2.45, 2.75) is 30.3 Å². The number of nitrogens with one attached hydrogen (secondary N) is 1. The Balaban J connectivity index is 1.57. The average Bonchev–Trinajstić information content (AvgIpc) is 3.36. The lowest BCUT2D eigenvalue weighted by molar-refractivity contribution is -0.122. The van der Waals surface area contributed by atoms with Gasteiger partial charge in [0.15, 0.2) is 0 Å². The molecule has 7 nitrogen and oxygen atoms in total. The fourth-order valence-corrected chi connectivity index (χ4v) is 5.41. The number of nitrogens with zero attached hydrogens (tertiary/aromatic N) is 2. The Bertz CT molecular complexity index is 1200. The van der Waals surface area contributed by atoms with Crippen LogP contribution >= 0.6 is 0 Å². The second kappa shape index (κ2) is 9.50. The lowest BCUT2D eigenvalue weighted by Gasteiger charge is -2.20. The number of sulfonamides is 1. The normalized spacial score (nSPS) is 14.5. The summed E-state index contributed by atoms with van der Waals surface area (Å²) in [5.41, 5.74) is 1.38. The van der Waals surface area contributed by atoms with Gasteiger partial charge in [0.25, 0.3) is 5.56 Å². The van der Waals surface area contributed by atoms with Crippen molar-refractivity contribution in [3.8, 4) is 0 Å². The van der Waals surface area contributed by atoms with Gasteiger partial charge >= 0.3 is 0 Å². The van der Waals surface area contributed by atoms with Gasteiger partial charge in [-0.1, -0.05) is 60.7 Å². The van der Waals surface area contributed by atoms with Crippen LogP contribution in [0.15, 0.2) is 88.7 Å². The van der Waals surface area contributed by atoms with Crippen molar-refractivity contribution < 1.29 is 13.2 Å². The number of pyridine rings is 1. The maximum Gasteiger partial charge on any atom is 0.251 e. The highest BCUT2D eigenvalue weighted by molar-refractivity contribution is 7.89. The van der Waals surface area contributed by atoms with Gasteiger partial charge in [-0.3, -0.25) is 9.59 Å². The van der Waals surface area contributed by atoms with Gasteiger partial charge in [-0.05, 0) is 30.0 Å². The van der Waals surface area contributed by atoms with E-state index in [1.165, 1.54) is 22.6 Å². The zero-order valence-electron chi connectivity index (χ0n) is 17.6. The summed E-state index contributed by atoms with van der Waals surface area (Å²) in [5, 5.41) is 2.98. The molecule has 1 fully saturated rings. The van der Waals surface area contributed by atoms with Gasteiger partial charge in [-0.15, -0.1) is 0 Å². The van der Waals surface area contributed by atoms with Crippen LogP contribution in [-0.4, -0.2) is 36.3 Å². The molecule has 0 saturated carbocycles. The Morgan fingerprint density at radius 3 is 2.00 bits per heavy atom. The maximum atomic E-state index is 12.9. The first-order valence-corrected chi connectivity index (χ1v) is 12.0. The average molecular weight is 452 g/mol. The van der Waals surface area contributed by atoms with E-state index in [0.717, 1.165) is 28.5 Å². The maximum absolute atomic E-state index is 12.9. The highest BCUT2D eigenvalue weighted by atomic mass is 32.2. The molecule has 1 N–H and O–H groups in total. The number of aromatic nitrogens is 1. The molecule has 0 aliphatic carbocycles. The summed E-state index contributed by atoms with van der Waals surface area (Å²) in [6.07, 6.45) is 2.90. The van der Waals surface area contributed by atoms with Crippen LogP contribution in [0.2, 0.25) is 0 Å². The molecule has 3 aromatic rings. The van der Waals surface area contributed by atoms with E-state index in [0.29, 0.717) is 13.1 Å². The number of hydrogen-bond acceptors (Lipinski definition) is 4. The van der Waals surface area contributed by atoms with Crippen LogP contribution in [0.25, 0.3) is 0 Å². The minimum Gasteiger partial charge on any atom is -0.344 e. The molecule has 8 heteroatoms. The SMILES string of the molecule is O=C(Cn1cc(S(=O)(=O)N2CCCC2)ccc1=O)NC(c1ccccc1)c1ccccc1. The summed E-state index contributed by atoms with van der Waals surface area (Å²) in [6.45, 7) is 0.661. The number of benzene rings is 2. The first-order chi connectivity index (χ1) is 15.4. The Labute approximate surface area is 187 Å². The summed E-state index contributed by atoms with van der Waals surface area (Å²) in [6, 6.07) is 21.2. The molecule has 0 radical (unpaired) electrons. The van der Waals surface area contributed by atoms with Crippen molar-refractivity contribution in [2.75, 3.05) is 13.1 Å². The fourth-order valence-electron chi connectivity index (χ4n) is 3.87. The molecular formula is C24H25N3O4S. The Morgan fingerprint density at radius 2 is 1.44 bits per heavy atom. The summed E-state index contributed by atoms with van der Waals surface area (Å²) >= 11 is 0. The quantitative estimate of drug-likeness (QED) is 0.598. The molecule has 2 heterocycles. The predicted molar refractivity (Wildman–Crippen MR) is 122 cm³/mol. The van der Waals surface area contributed by atoms with E-state index in [-0.39, 0.29) is 17.3 Å². The minimum absolute atomic E-state index is 0.0227. The van der Waals surface area contributed by atoms with Gasteiger partial charge in [0.05, 0.1) is 10.9 Å². The first kappa shape index (κ1) is 22.0. The third-order valence-corrected chi connectivity index (χ3v) is 7.43. The molecule has 2 aromatic carbocycles. The summed E-state index contributed by atoms with van der Waals surface area (Å²) in [5.74, 6) is -0.388. The van der Waals surface area contributed by atoms with Gasteiger partial charge in [-0.25, -0.2) is 8.42 Å². The zero-order chi connectivity index (χ0) is 22.6. The Hall–Kier alpha value is -3.23. The van der Waals surface area contributed by atoms with E-state index in [1.54, 1.807) is 0 Å². The predicted octanol–water partition coefficient (Wildman–Crippen LogP) is 2.54. The van der Waals surface area contributed by atoms with Crippen LogP contribution in [0.5, 0.6) is 0 Å². The lowest BCUT2D eigenvalue weighted by Crippen LogP contribution is -2.35. The molecular weight excluding hydrogens is 426 g/mol. The fraction of sp³-hybridized carbons (Fsp3) is 0.250. The van der Waals surface area contributed by atoms with Gasteiger partial charge in [-0.2, -0.15) is 4.31 Å². The standard InChI is InChI=1S/C24H25N3O4S/c28-22(25-24(19-9-3-1-4-10-19)20-11-5-2-6-12-20)18-26-17-21(13-14-23(26)29)32(30,31)27-15-7-8-16-27/h1-6,9-14,17,24H,7-8,15-16,18H2,(H,25,28). The van der Waals surface area contributed by atoms with Gasteiger partial charge in [0.2, 0.25) is 15.9 Å². The molecule has 1 amide bonds. The number of hydrogen-bond donors (Lipinski definition) is 1. The molecule has 166 valence electrons. The van der Waals surface area contributed by atoms with Crippen molar-refractivity contribution in [3.63, 3.8) is 0 Å². The van der Waals surface area contributed by atoms with Crippen molar-refractivity contribution in [1.82, 2.24) is 14.2 Å². The van der Waals surface area contributed by atoms with Crippen LogP contribution in [0.1, 0.15) is 30.0 Å². The molecule has 1 aliphatic rings. The second-order valence-electron chi connectivity index (χ2n) is 7.76. The summed E-state index contributed by atoms with van der Waals surface area (Å²) < 4.78 is 28.2. The van der Waals surface area contributed by atoms with E-state index in [4.69, 9.17) is 0 Å². The highest BCUT2D eigenvalue weighted by Gasteiger charge is 2.28. The third-order valence-electron chi connectivity index (χ3n) is 5.54. The topological polar surface area (TPSA) is 88.5 Å². The van der Waals surface area contributed by atoms with Gasteiger partial charge in [0.1, 0.15) is 6.54 Å². The summed E-state index contributed by atoms with van der Waals surface area (Å²) in [4.78, 5) is 25.3. The second-order valence-corrected chi connectivity index (χ2v) is 9.70. The van der Waals surface area contributed by atoms with Gasteiger partial charge in [0, 0.05) is 25.4 Å². The van der Waals surface area contributed by atoms with Gasteiger partial charge < -0.3 is 9.88 Å². The van der Waals surface area contributed by atoms with Crippen molar-refractivity contribution in [3.05, 3.63) is 100 Å². The lowest BCUT2D eigenvalue weighted by atomic mass is 9.99. The monoisotopic (exact) mass is 451 g/mol. The molecule has 0 spiro atoms. The zero-order valence-corrected chi connectivity index (χ0v) is 18.4. The minimum atomic E-state index is -3.68. The smallest absolute Gasteiger partial charge is 0.251 e. The molecule has 4 rings (SSSR count). The number of rotatable bonds is 7. The largest absolute Gasteiger partial charge is 0.344 e. The molecule has 32 heavy (non-hydrogen) atoms. The molecule has 1 saturated heterocycles. The van der Waals surface area contributed by atoms with Crippen LogP contribution in [-0.2, 0) is 21.4 Å². The van der Waals surface area contributed by atoms with Crippen LogP contribution in [0.3, 0.4) is 0 Å². The van der Waals surface area contributed by atoms with Crippen LogP contribution in [0, 0.1) is 0 Å². The molecule has 1 aliphatic heterocycles. The highest BCUT2D eigenvalue weighted by Crippen LogP contribution is 2.22. The molecule has 0 bridgehead atoms. The van der Waals surface area contributed by atoms with E-state index >= 15 is 0 Å². The molecule has 0 atom stereocenters.